The number of thiophene rings is 2. The van der Waals surface area contributed by atoms with Gasteiger partial charge in [-0.3, -0.25) is 0 Å². The number of nitrogens with one attached hydrogen (secondary N) is 2. The zero-order valence-corrected chi connectivity index (χ0v) is 14.1. The van der Waals surface area contributed by atoms with E-state index in [1.54, 1.807) is 29.0 Å². The van der Waals surface area contributed by atoms with E-state index >= 15 is 0 Å². The molecule has 0 fully saturated rings. The summed E-state index contributed by atoms with van der Waals surface area (Å²) in [6.45, 7) is 0. The molecule has 4 heterocycles. The quantitative estimate of drug-likeness (QED) is 0.443. The largest absolute Gasteiger partial charge is 0.361 e. The summed E-state index contributed by atoms with van der Waals surface area (Å²) < 4.78 is 1.08. The molecule has 0 amide bonds. The molecule has 0 atom stereocenters. The van der Waals surface area contributed by atoms with Gasteiger partial charge in [0.2, 0.25) is 0 Å². The van der Waals surface area contributed by atoms with Crippen LogP contribution in [0.4, 0.5) is 11.5 Å². The van der Waals surface area contributed by atoms with Crippen molar-refractivity contribution in [3.8, 4) is 10.4 Å². The number of H-pyrrole nitrogens is 1. The van der Waals surface area contributed by atoms with E-state index in [1.165, 1.54) is 15.8 Å². The summed E-state index contributed by atoms with van der Waals surface area (Å²) in [6, 6.07) is 12.6. The van der Waals surface area contributed by atoms with E-state index in [2.05, 4.69) is 67.4 Å². The Bertz CT molecular complexity index is 1140. The second-order valence-corrected chi connectivity index (χ2v) is 7.30. The second kappa shape index (κ2) is 5.43. The third-order valence-corrected chi connectivity index (χ3v) is 5.80. The summed E-state index contributed by atoms with van der Waals surface area (Å²) in [4.78, 5) is 13.3. The van der Waals surface area contributed by atoms with Crippen molar-refractivity contribution in [1.29, 1.82) is 0 Å². The molecule has 0 saturated carbocycles. The van der Waals surface area contributed by atoms with Crippen molar-refractivity contribution in [2.75, 3.05) is 5.32 Å². The van der Waals surface area contributed by atoms with E-state index in [0.717, 1.165) is 27.2 Å². The predicted molar refractivity (Wildman–Crippen MR) is 102 cm³/mol. The Morgan fingerprint density at radius 3 is 2.96 bits per heavy atom. The molecule has 0 unspecified atom stereocenters. The topological polar surface area (TPSA) is 53.6 Å². The lowest BCUT2D eigenvalue weighted by molar-refractivity contribution is 1.23. The van der Waals surface area contributed by atoms with Crippen LogP contribution in [-0.2, 0) is 0 Å². The van der Waals surface area contributed by atoms with Crippen molar-refractivity contribution in [2.45, 2.75) is 0 Å². The number of aromatic nitrogens is 3. The third kappa shape index (κ3) is 2.28. The number of anilines is 2. The summed E-state index contributed by atoms with van der Waals surface area (Å²) in [5.74, 6) is 0.848. The van der Waals surface area contributed by atoms with Crippen molar-refractivity contribution < 1.29 is 0 Å². The summed E-state index contributed by atoms with van der Waals surface area (Å²) in [7, 11) is 0. The van der Waals surface area contributed by atoms with E-state index in [9.17, 15) is 0 Å². The van der Waals surface area contributed by atoms with Crippen molar-refractivity contribution in [3.63, 3.8) is 0 Å². The normalized spacial score (nSPS) is 11.3. The van der Waals surface area contributed by atoms with Gasteiger partial charge in [-0.15, -0.1) is 11.3 Å². The Balaban J connectivity index is 1.58. The summed E-state index contributed by atoms with van der Waals surface area (Å²) in [6.07, 6.45) is 3.56. The van der Waals surface area contributed by atoms with Gasteiger partial charge in [-0.2, -0.15) is 11.3 Å². The zero-order valence-electron chi connectivity index (χ0n) is 12.5. The van der Waals surface area contributed by atoms with Gasteiger partial charge in [0.05, 0.1) is 10.2 Å². The summed E-state index contributed by atoms with van der Waals surface area (Å²) in [5, 5.41) is 8.86. The molecule has 4 nitrogen and oxygen atoms in total. The van der Waals surface area contributed by atoms with Gasteiger partial charge in [-0.25, -0.2) is 9.97 Å². The molecule has 24 heavy (non-hydrogen) atoms. The minimum Gasteiger partial charge on any atom is -0.361 e. The Kier molecular flexibility index (Phi) is 3.11. The molecular formula is C18H12N4S2. The van der Waals surface area contributed by atoms with Gasteiger partial charge in [0, 0.05) is 33.2 Å². The number of hydrogen-bond donors (Lipinski definition) is 2. The fraction of sp³-hybridized carbons (Fsp3) is 0. The highest BCUT2D eigenvalue weighted by atomic mass is 32.1. The van der Waals surface area contributed by atoms with Crippen LogP contribution >= 0.6 is 22.7 Å². The molecule has 5 rings (SSSR count). The van der Waals surface area contributed by atoms with Crippen molar-refractivity contribution >= 4 is 55.3 Å². The summed E-state index contributed by atoms with van der Waals surface area (Å²) in [5.41, 5.74) is 4.36. The van der Waals surface area contributed by atoms with Crippen LogP contribution < -0.4 is 5.32 Å². The standard InChI is InChI=1S/C18H12N4S2/c1-2-14-11(3-5-19-14)7-13(1)22-18-17-15(20-10-21-18)8-16(24-17)12-4-6-23-9-12/h1-10,19H,(H,20,21,22). The van der Waals surface area contributed by atoms with Crippen LogP contribution in [0.5, 0.6) is 0 Å². The first-order chi connectivity index (χ1) is 11.9. The fourth-order valence-electron chi connectivity index (χ4n) is 2.76. The minimum atomic E-state index is 0.848. The molecule has 0 bridgehead atoms. The number of hydrogen-bond acceptors (Lipinski definition) is 5. The van der Waals surface area contributed by atoms with Gasteiger partial charge in [0.25, 0.3) is 0 Å². The first kappa shape index (κ1) is 13.7. The first-order valence-electron chi connectivity index (χ1n) is 7.48. The smallest absolute Gasteiger partial charge is 0.151 e. The Hall–Kier alpha value is -2.70. The zero-order chi connectivity index (χ0) is 15.9. The molecule has 6 heteroatoms. The van der Waals surface area contributed by atoms with E-state index in [0.29, 0.717) is 0 Å². The van der Waals surface area contributed by atoms with Crippen LogP contribution in [0.2, 0.25) is 0 Å². The second-order valence-electron chi connectivity index (χ2n) is 5.46. The van der Waals surface area contributed by atoms with Crippen LogP contribution in [0.15, 0.2) is 59.7 Å². The van der Waals surface area contributed by atoms with E-state index in [4.69, 9.17) is 0 Å². The monoisotopic (exact) mass is 348 g/mol. The molecule has 2 N–H and O–H groups in total. The Morgan fingerprint density at radius 2 is 2.04 bits per heavy atom. The SMILES string of the molecule is c1nc(Nc2ccc3[nH]ccc3c2)c2sc(-c3ccsc3)cc2n1. The molecule has 0 aliphatic carbocycles. The number of rotatable bonds is 3. The maximum Gasteiger partial charge on any atom is 0.151 e. The number of nitrogens with zero attached hydrogens (tertiary/aromatic N) is 2. The average Bonchev–Trinajstić information content (AvgIpc) is 3.34. The van der Waals surface area contributed by atoms with Crippen LogP contribution in [0.25, 0.3) is 31.6 Å². The molecule has 4 aromatic heterocycles. The highest BCUT2D eigenvalue weighted by Gasteiger charge is 2.11. The number of aromatic amines is 1. The van der Waals surface area contributed by atoms with Crippen LogP contribution in [0, 0.1) is 0 Å². The molecule has 0 spiro atoms. The minimum absolute atomic E-state index is 0.848. The number of benzene rings is 1. The molecule has 0 radical (unpaired) electrons. The Morgan fingerprint density at radius 1 is 1.04 bits per heavy atom. The predicted octanol–water partition coefficient (Wildman–Crippen LogP) is 5.64. The van der Waals surface area contributed by atoms with Crippen molar-refractivity contribution in [1.82, 2.24) is 15.0 Å². The van der Waals surface area contributed by atoms with Crippen LogP contribution in [0.1, 0.15) is 0 Å². The molecule has 1 aromatic carbocycles. The van der Waals surface area contributed by atoms with E-state index < -0.39 is 0 Å². The highest BCUT2D eigenvalue weighted by Crippen LogP contribution is 2.37. The lowest BCUT2D eigenvalue weighted by Gasteiger charge is -2.06. The fourth-order valence-corrected chi connectivity index (χ4v) is 4.54. The first-order valence-corrected chi connectivity index (χ1v) is 9.24. The lowest BCUT2D eigenvalue weighted by Crippen LogP contribution is -1.94. The van der Waals surface area contributed by atoms with Crippen LogP contribution in [-0.4, -0.2) is 15.0 Å². The number of fused-ring (bicyclic) bond motifs is 2. The van der Waals surface area contributed by atoms with Crippen molar-refractivity contribution in [2.24, 2.45) is 0 Å². The van der Waals surface area contributed by atoms with Gasteiger partial charge in [-0.05, 0) is 47.2 Å². The Labute approximate surface area is 145 Å². The van der Waals surface area contributed by atoms with Gasteiger partial charge >= 0.3 is 0 Å². The van der Waals surface area contributed by atoms with E-state index in [-0.39, 0.29) is 0 Å². The maximum atomic E-state index is 4.45. The van der Waals surface area contributed by atoms with Crippen LogP contribution in [0.3, 0.4) is 0 Å². The molecule has 0 aliphatic rings. The molecule has 0 aliphatic heterocycles. The third-order valence-electron chi connectivity index (χ3n) is 3.93. The molecule has 5 aromatic rings. The maximum absolute atomic E-state index is 4.45. The molecule has 0 saturated heterocycles. The molecular weight excluding hydrogens is 336 g/mol. The lowest BCUT2D eigenvalue weighted by atomic mass is 10.2. The van der Waals surface area contributed by atoms with Gasteiger partial charge in [0.15, 0.2) is 5.82 Å². The summed E-state index contributed by atoms with van der Waals surface area (Å²) >= 11 is 3.42. The highest BCUT2D eigenvalue weighted by molar-refractivity contribution is 7.23. The van der Waals surface area contributed by atoms with E-state index in [1.807, 2.05) is 6.20 Å². The van der Waals surface area contributed by atoms with Gasteiger partial charge < -0.3 is 10.3 Å². The van der Waals surface area contributed by atoms with Gasteiger partial charge in [0.1, 0.15) is 6.33 Å². The van der Waals surface area contributed by atoms with Crippen molar-refractivity contribution in [3.05, 3.63) is 59.7 Å². The average molecular weight is 348 g/mol. The van der Waals surface area contributed by atoms with Gasteiger partial charge in [-0.1, -0.05) is 0 Å². The molecule has 116 valence electrons.